The highest BCUT2D eigenvalue weighted by molar-refractivity contribution is 9.10. The van der Waals surface area contributed by atoms with Crippen molar-refractivity contribution in [1.29, 1.82) is 0 Å². The second kappa shape index (κ2) is 9.15. The van der Waals surface area contributed by atoms with Crippen LogP contribution in [-0.4, -0.2) is 18.4 Å². The maximum atomic E-state index is 12.2. The number of aryl methyl sites for hydroxylation is 2. The molecule has 0 spiro atoms. The van der Waals surface area contributed by atoms with Gasteiger partial charge in [0.15, 0.2) is 0 Å². The van der Waals surface area contributed by atoms with E-state index in [0.29, 0.717) is 4.88 Å². The van der Waals surface area contributed by atoms with Gasteiger partial charge in [0.25, 0.3) is 5.91 Å². The third-order valence-corrected chi connectivity index (χ3v) is 5.90. The van der Waals surface area contributed by atoms with Gasteiger partial charge in [-0.15, -0.1) is 11.3 Å². The van der Waals surface area contributed by atoms with Gasteiger partial charge in [0.05, 0.1) is 17.5 Å². The smallest absolute Gasteiger partial charge is 0.261 e. The van der Waals surface area contributed by atoms with E-state index < -0.39 is 0 Å². The first kappa shape index (κ1) is 19.7. The Hall–Kier alpha value is -1.66. The molecule has 1 atom stereocenters. The summed E-state index contributed by atoms with van der Waals surface area (Å²) in [5.74, 6) is -0.383. The molecule has 0 fully saturated rings. The largest absolute Gasteiger partial charge is 0.348 e. The standard InChI is InChI=1S/C19H23BrN2O2S/c1-4-15(13-6-8-14(20)9-7-13)22-18(23)11-21-19(24)17-10-12(3)16(5-2)25-17/h6-10,15H,4-5,11H2,1-3H3,(H,21,24)(H,22,23). The van der Waals surface area contributed by atoms with Crippen molar-refractivity contribution in [2.75, 3.05) is 6.54 Å². The molecule has 1 heterocycles. The van der Waals surface area contributed by atoms with Crippen LogP contribution in [0.25, 0.3) is 0 Å². The molecule has 2 aromatic rings. The molecule has 0 bridgehead atoms. The van der Waals surface area contributed by atoms with E-state index in [9.17, 15) is 9.59 Å². The van der Waals surface area contributed by atoms with E-state index in [1.54, 1.807) is 0 Å². The van der Waals surface area contributed by atoms with Crippen LogP contribution in [0, 0.1) is 6.92 Å². The molecule has 25 heavy (non-hydrogen) atoms. The van der Waals surface area contributed by atoms with Crippen molar-refractivity contribution in [1.82, 2.24) is 10.6 Å². The Kier molecular flexibility index (Phi) is 7.20. The minimum absolute atomic E-state index is 0.0235. The van der Waals surface area contributed by atoms with E-state index in [4.69, 9.17) is 0 Å². The molecule has 1 aromatic carbocycles. The molecule has 0 saturated heterocycles. The Balaban J connectivity index is 1.90. The van der Waals surface area contributed by atoms with Gasteiger partial charge < -0.3 is 10.6 Å². The van der Waals surface area contributed by atoms with Crippen LogP contribution in [0.4, 0.5) is 0 Å². The molecule has 2 N–H and O–H groups in total. The summed E-state index contributed by atoms with van der Waals surface area (Å²) in [5.41, 5.74) is 2.18. The quantitative estimate of drug-likeness (QED) is 0.695. The minimum atomic E-state index is -0.195. The number of carbonyl (C=O) groups is 2. The lowest BCUT2D eigenvalue weighted by Crippen LogP contribution is -2.38. The number of amides is 2. The topological polar surface area (TPSA) is 58.2 Å². The van der Waals surface area contributed by atoms with Crippen molar-refractivity contribution in [2.45, 2.75) is 39.7 Å². The SMILES string of the molecule is CCc1sc(C(=O)NCC(=O)NC(CC)c2ccc(Br)cc2)cc1C. The number of nitrogens with one attached hydrogen (secondary N) is 2. The Morgan fingerprint density at radius 1 is 1.20 bits per heavy atom. The summed E-state index contributed by atoms with van der Waals surface area (Å²) in [5, 5.41) is 5.68. The molecule has 0 radical (unpaired) electrons. The van der Waals surface area contributed by atoms with Crippen molar-refractivity contribution in [3.8, 4) is 0 Å². The van der Waals surface area contributed by atoms with Gasteiger partial charge >= 0.3 is 0 Å². The Bertz CT molecular complexity index is 740. The number of rotatable bonds is 7. The second-order valence-electron chi connectivity index (χ2n) is 5.83. The maximum absolute atomic E-state index is 12.2. The van der Waals surface area contributed by atoms with Crippen LogP contribution in [0.5, 0.6) is 0 Å². The van der Waals surface area contributed by atoms with Gasteiger partial charge in [0, 0.05) is 9.35 Å². The molecule has 0 aliphatic rings. The first-order chi connectivity index (χ1) is 11.9. The normalized spacial score (nSPS) is 11.8. The van der Waals surface area contributed by atoms with Gasteiger partial charge in [0.1, 0.15) is 0 Å². The predicted molar refractivity (Wildman–Crippen MR) is 106 cm³/mol. The summed E-state index contributed by atoms with van der Waals surface area (Å²) < 4.78 is 1.00. The Labute approximate surface area is 161 Å². The average molecular weight is 423 g/mol. The van der Waals surface area contributed by atoms with E-state index in [-0.39, 0.29) is 24.4 Å². The van der Waals surface area contributed by atoms with Crippen LogP contribution in [-0.2, 0) is 11.2 Å². The lowest BCUT2D eigenvalue weighted by molar-refractivity contribution is -0.120. The molecule has 0 saturated carbocycles. The highest BCUT2D eigenvalue weighted by atomic mass is 79.9. The van der Waals surface area contributed by atoms with E-state index in [2.05, 4.69) is 33.5 Å². The monoisotopic (exact) mass is 422 g/mol. The number of hydrogen-bond donors (Lipinski definition) is 2. The molecule has 1 unspecified atom stereocenters. The zero-order valence-electron chi connectivity index (χ0n) is 14.7. The summed E-state index contributed by atoms with van der Waals surface area (Å²) in [6, 6.07) is 9.70. The van der Waals surface area contributed by atoms with Crippen molar-refractivity contribution in [3.05, 3.63) is 55.7 Å². The molecule has 134 valence electrons. The molecule has 0 aliphatic heterocycles. The van der Waals surface area contributed by atoms with Crippen LogP contribution >= 0.6 is 27.3 Å². The molecular weight excluding hydrogens is 400 g/mol. The first-order valence-corrected chi connectivity index (χ1v) is 9.97. The van der Waals surface area contributed by atoms with Gasteiger partial charge in [-0.25, -0.2) is 0 Å². The zero-order valence-corrected chi connectivity index (χ0v) is 17.1. The third kappa shape index (κ3) is 5.41. The fourth-order valence-corrected chi connectivity index (χ4v) is 3.89. The van der Waals surface area contributed by atoms with Crippen LogP contribution < -0.4 is 10.6 Å². The fourth-order valence-electron chi connectivity index (χ4n) is 2.59. The van der Waals surface area contributed by atoms with Gasteiger partial charge in [-0.2, -0.15) is 0 Å². The van der Waals surface area contributed by atoms with Crippen molar-refractivity contribution < 1.29 is 9.59 Å². The van der Waals surface area contributed by atoms with Crippen molar-refractivity contribution in [2.24, 2.45) is 0 Å². The summed E-state index contributed by atoms with van der Waals surface area (Å²) in [7, 11) is 0. The number of carbonyl (C=O) groups excluding carboxylic acids is 2. The number of benzene rings is 1. The predicted octanol–water partition coefficient (Wildman–Crippen LogP) is 4.38. The van der Waals surface area contributed by atoms with E-state index in [1.807, 2.05) is 44.2 Å². The molecule has 4 nitrogen and oxygen atoms in total. The van der Waals surface area contributed by atoms with Gasteiger partial charge in [0.2, 0.25) is 5.91 Å². The number of halogens is 1. The summed E-state index contributed by atoms with van der Waals surface area (Å²) in [4.78, 5) is 26.3. The molecule has 0 aliphatic carbocycles. The maximum Gasteiger partial charge on any atom is 0.261 e. The number of thiophene rings is 1. The summed E-state index contributed by atoms with van der Waals surface area (Å²) in [6.45, 7) is 6.07. The second-order valence-corrected chi connectivity index (χ2v) is 7.89. The van der Waals surface area contributed by atoms with E-state index in [0.717, 1.165) is 28.4 Å². The third-order valence-electron chi connectivity index (χ3n) is 3.99. The molecule has 2 rings (SSSR count). The highest BCUT2D eigenvalue weighted by Crippen LogP contribution is 2.22. The zero-order chi connectivity index (χ0) is 18.4. The van der Waals surface area contributed by atoms with Crippen molar-refractivity contribution >= 4 is 39.1 Å². The van der Waals surface area contributed by atoms with Crippen LogP contribution in [0.15, 0.2) is 34.8 Å². The van der Waals surface area contributed by atoms with Crippen molar-refractivity contribution in [3.63, 3.8) is 0 Å². The lowest BCUT2D eigenvalue weighted by Gasteiger charge is -2.17. The molecule has 6 heteroatoms. The highest BCUT2D eigenvalue weighted by Gasteiger charge is 2.15. The Morgan fingerprint density at radius 2 is 1.88 bits per heavy atom. The van der Waals surface area contributed by atoms with E-state index >= 15 is 0 Å². The number of hydrogen-bond acceptors (Lipinski definition) is 3. The van der Waals surface area contributed by atoms with Gasteiger partial charge in [-0.1, -0.05) is 41.9 Å². The molecular formula is C19H23BrN2O2S. The average Bonchev–Trinajstić information content (AvgIpc) is 2.99. The van der Waals surface area contributed by atoms with Crippen LogP contribution in [0.1, 0.15) is 52.0 Å². The van der Waals surface area contributed by atoms with Crippen LogP contribution in [0.2, 0.25) is 0 Å². The first-order valence-electron chi connectivity index (χ1n) is 8.36. The van der Waals surface area contributed by atoms with Gasteiger partial charge in [-0.3, -0.25) is 9.59 Å². The molecule has 2 amide bonds. The minimum Gasteiger partial charge on any atom is -0.348 e. The van der Waals surface area contributed by atoms with Crippen LogP contribution in [0.3, 0.4) is 0 Å². The summed E-state index contributed by atoms with van der Waals surface area (Å²) in [6.07, 6.45) is 1.70. The summed E-state index contributed by atoms with van der Waals surface area (Å²) >= 11 is 4.90. The fraction of sp³-hybridized carbons (Fsp3) is 0.368. The molecule has 1 aromatic heterocycles. The lowest BCUT2D eigenvalue weighted by atomic mass is 10.0. The van der Waals surface area contributed by atoms with Gasteiger partial charge in [-0.05, 0) is 49.1 Å². The Morgan fingerprint density at radius 3 is 2.44 bits per heavy atom. The van der Waals surface area contributed by atoms with E-state index in [1.165, 1.54) is 16.2 Å².